The number of carbonyl (C=O) groups excluding carboxylic acids is 1. The van der Waals surface area contributed by atoms with Crippen LogP contribution in [-0.4, -0.2) is 5.91 Å². The van der Waals surface area contributed by atoms with Crippen LogP contribution in [0.2, 0.25) is 0 Å². The number of nitrogens with one attached hydrogen (secondary N) is 1. The van der Waals surface area contributed by atoms with Gasteiger partial charge in [0.2, 0.25) is 5.91 Å². The molecular weight excluding hydrogens is 323 g/mol. The summed E-state index contributed by atoms with van der Waals surface area (Å²) in [6.07, 6.45) is 0.772. The van der Waals surface area contributed by atoms with Crippen molar-refractivity contribution in [3.05, 3.63) is 58.3 Å². The summed E-state index contributed by atoms with van der Waals surface area (Å²) in [7, 11) is 0. The molecule has 2 aromatic rings. The zero-order chi connectivity index (χ0) is 14.5. The number of nitrogen functional groups attached to an aromatic ring is 1. The van der Waals surface area contributed by atoms with Gasteiger partial charge in [-0.2, -0.15) is 0 Å². The third-order valence-electron chi connectivity index (χ3n) is 2.88. The Morgan fingerprint density at radius 1 is 1.25 bits per heavy atom. The molecule has 0 bridgehead atoms. The first-order valence-corrected chi connectivity index (χ1v) is 6.94. The van der Waals surface area contributed by atoms with Gasteiger partial charge in [-0.3, -0.25) is 4.79 Å². The molecule has 1 amide bonds. The fraction of sp³-hybridized carbons (Fsp3) is 0.133. The molecule has 104 valence electrons. The highest BCUT2D eigenvalue weighted by molar-refractivity contribution is 9.10. The summed E-state index contributed by atoms with van der Waals surface area (Å²) < 4.78 is 14.2. The molecular formula is C15H14BrFN2O. The number of hydrogen-bond donors (Lipinski definition) is 2. The third kappa shape index (κ3) is 3.81. The van der Waals surface area contributed by atoms with Crippen LogP contribution in [0.15, 0.2) is 46.9 Å². The van der Waals surface area contributed by atoms with Crippen molar-refractivity contribution in [3.8, 4) is 0 Å². The van der Waals surface area contributed by atoms with E-state index in [-0.39, 0.29) is 18.0 Å². The maximum Gasteiger partial charge on any atom is 0.224 e. The number of nitrogens with two attached hydrogens (primary N) is 1. The lowest BCUT2D eigenvalue weighted by Gasteiger charge is -2.08. The van der Waals surface area contributed by atoms with Crippen LogP contribution in [0, 0.1) is 5.82 Å². The van der Waals surface area contributed by atoms with E-state index >= 15 is 0 Å². The quantitative estimate of drug-likeness (QED) is 0.835. The first-order chi connectivity index (χ1) is 9.56. The van der Waals surface area contributed by atoms with Gasteiger partial charge < -0.3 is 11.1 Å². The Labute approximate surface area is 125 Å². The Bertz CT molecular complexity index is 631. The van der Waals surface area contributed by atoms with Crippen molar-refractivity contribution in [2.24, 2.45) is 0 Å². The monoisotopic (exact) mass is 336 g/mol. The Morgan fingerprint density at radius 3 is 2.75 bits per heavy atom. The number of carbonyl (C=O) groups is 1. The van der Waals surface area contributed by atoms with Crippen LogP contribution in [0.4, 0.5) is 15.8 Å². The van der Waals surface area contributed by atoms with E-state index in [1.54, 1.807) is 12.1 Å². The molecule has 0 spiro atoms. The smallest absolute Gasteiger partial charge is 0.224 e. The minimum atomic E-state index is -0.458. The number of hydrogen-bond acceptors (Lipinski definition) is 2. The average molecular weight is 337 g/mol. The lowest BCUT2D eigenvalue weighted by atomic mass is 10.1. The molecule has 0 atom stereocenters. The molecule has 0 aliphatic rings. The third-order valence-corrected chi connectivity index (χ3v) is 3.37. The minimum absolute atomic E-state index is 0.172. The van der Waals surface area contributed by atoms with Crippen molar-refractivity contribution in [1.82, 2.24) is 0 Å². The van der Waals surface area contributed by atoms with Crippen molar-refractivity contribution < 1.29 is 9.18 Å². The molecule has 0 unspecified atom stereocenters. The van der Waals surface area contributed by atoms with Gasteiger partial charge in [-0.15, -0.1) is 0 Å². The maximum atomic E-state index is 13.5. The Balaban J connectivity index is 1.96. The average Bonchev–Trinajstić information content (AvgIpc) is 2.42. The standard InChI is InChI=1S/C15H14BrFN2O/c16-11-6-7-12(17)14(9-11)19-15(20)8-5-10-3-1-2-4-13(10)18/h1-4,6-7,9H,5,8,18H2,(H,19,20). The van der Waals surface area contributed by atoms with Crippen molar-refractivity contribution in [2.45, 2.75) is 12.8 Å². The summed E-state index contributed by atoms with van der Waals surface area (Å²) in [4.78, 5) is 11.8. The van der Waals surface area contributed by atoms with E-state index in [2.05, 4.69) is 21.2 Å². The van der Waals surface area contributed by atoms with Crippen molar-refractivity contribution in [1.29, 1.82) is 0 Å². The first-order valence-electron chi connectivity index (χ1n) is 6.14. The molecule has 3 nitrogen and oxygen atoms in total. The zero-order valence-electron chi connectivity index (χ0n) is 10.7. The van der Waals surface area contributed by atoms with E-state index in [9.17, 15) is 9.18 Å². The lowest BCUT2D eigenvalue weighted by Crippen LogP contribution is -2.13. The Hall–Kier alpha value is -1.88. The van der Waals surface area contributed by atoms with Crippen LogP contribution in [0.3, 0.4) is 0 Å². The molecule has 0 aliphatic carbocycles. The van der Waals surface area contributed by atoms with Gasteiger partial charge in [-0.1, -0.05) is 34.1 Å². The van der Waals surface area contributed by atoms with Gasteiger partial charge in [-0.05, 0) is 36.2 Å². The molecule has 5 heteroatoms. The van der Waals surface area contributed by atoms with Crippen LogP contribution >= 0.6 is 15.9 Å². The van der Waals surface area contributed by atoms with Crippen molar-refractivity contribution in [3.63, 3.8) is 0 Å². The minimum Gasteiger partial charge on any atom is -0.399 e. The Morgan fingerprint density at radius 2 is 2.00 bits per heavy atom. The van der Waals surface area contributed by atoms with Gasteiger partial charge in [0.05, 0.1) is 5.69 Å². The maximum absolute atomic E-state index is 13.5. The van der Waals surface area contributed by atoms with Crippen LogP contribution in [0.5, 0.6) is 0 Å². The molecule has 0 aliphatic heterocycles. The Kier molecular flexibility index (Phi) is 4.74. The summed E-state index contributed by atoms with van der Waals surface area (Å²) in [5.41, 5.74) is 7.55. The molecule has 3 N–H and O–H groups in total. The topological polar surface area (TPSA) is 55.1 Å². The predicted molar refractivity (Wildman–Crippen MR) is 81.9 cm³/mol. The summed E-state index contributed by atoms with van der Waals surface area (Å²) in [6, 6.07) is 11.8. The van der Waals surface area contributed by atoms with E-state index in [1.807, 2.05) is 18.2 Å². The van der Waals surface area contributed by atoms with E-state index in [4.69, 9.17) is 5.73 Å². The number of aryl methyl sites for hydroxylation is 1. The zero-order valence-corrected chi connectivity index (χ0v) is 12.3. The van der Waals surface area contributed by atoms with Crippen LogP contribution in [-0.2, 0) is 11.2 Å². The van der Waals surface area contributed by atoms with Gasteiger partial charge in [0.15, 0.2) is 0 Å². The summed E-state index contributed by atoms with van der Waals surface area (Å²) in [5, 5.41) is 2.56. The number of rotatable bonds is 4. The number of halogens is 2. The van der Waals surface area contributed by atoms with Crippen LogP contribution < -0.4 is 11.1 Å². The second-order valence-corrected chi connectivity index (χ2v) is 5.29. The fourth-order valence-corrected chi connectivity index (χ4v) is 2.18. The summed E-state index contributed by atoms with van der Waals surface area (Å²) in [6.45, 7) is 0. The summed E-state index contributed by atoms with van der Waals surface area (Å²) in [5.74, 6) is -0.703. The van der Waals surface area contributed by atoms with Gasteiger partial charge in [0.1, 0.15) is 5.82 Å². The predicted octanol–water partition coefficient (Wildman–Crippen LogP) is 3.74. The fourth-order valence-electron chi connectivity index (χ4n) is 1.82. The van der Waals surface area contributed by atoms with E-state index in [1.165, 1.54) is 12.1 Å². The molecule has 0 radical (unpaired) electrons. The normalized spacial score (nSPS) is 10.3. The van der Waals surface area contributed by atoms with Gasteiger partial charge >= 0.3 is 0 Å². The molecule has 0 saturated heterocycles. The second kappa shape index (κ2) is 6.52. The van der Waals surface area contributed by atoms with Crippen molar-refractivity contribution in [2.75, 3.05) is 11.1 Å². The van der Waals surface area contributed by atoms with Gasteiger partial charge in [-0.25, -0.2) is 4.39 Å². The number of para-hydroxylation sites is 1. The van der Waals surface area contributed by atoms with Gasteiger partial charge in [0, 0.05) is 16.6 Å². The second-order valence-electron chi connectivity index (χ2n) is 4.37. The van der Waals surface area contributed by atoms with E-state index in [0.717, 1.165) is 5.56 Å². The number of amides is 1. The highest BCUT2D eigenvalue weighted by atomic mass is 79.9. The molecule has 0 fully saturated rings. The molecule has 0 saturated carbocycles. The molecule has 0 aromatic heterocycles. The van der Waals surface area contributed by atoms with Crippen molar-refractivity contribution >= 4 is 33.2 Å². The first kappa shape index (κ1) is 14.5. The largest absolute Gasteiger partial charge is 0.399 e. The lowest BCUT2D eigenvalue weighted by molar-refractivity contribution is -0.116. The number of benzene rings is 2. The molecule has 2 aromatic carbocycles. The van der Waals surface area contributed by atoms with Crippen LogP contribution in [0.25, 0.3) is 0 Å². The molecule has 0 heterocycles. The van der Waals surface area contributed by atoms with Crippen LogP contribution in [0.1, 0.15) is 12.0 Å². The summed E-state index contributed by atoms with van der Waals surface area (Å²) >= 11 is 3.24. The molecule has 20 heavy (non-hydrogen) atoms. The number of anilines is 2. The molecule has 2 rings (SSSR count). The highest BCUT2D eigenvalue weighted by Crippen LogP contribution is 2.20. The van der Waals surface area contributed by atoms with E-state index in [0.29, 0.717) is 16.6 Å². The van der Waals surface area contributed by atoms with Gasteiger partial charge in [0.25, 0.3) is 0 Å². The highest BCUT2D eigenvalue weighted by Gasteiger charge is 2.08. The van der Waals surface area contributed by atoms with E-state index < -0.39 is 5.82 Å². The SMILES string of the molecule is Nc1ccccc1CCC(=O)Nc1cc(Br)ccc1F.